The Morgan fingerprint density at radius 3 is 2.37 bits per heavy atom. The number of anilines is 1. The van der Waals surface area contributed by atoms with E-state index in [4.69, 9.17) is 9.47 Å². The monoisotopic (exact) mass is 435 g/mol. The van der Waals surface area contributed by atoms with Crippen LogP contribution in [0.1, 0.15) is 45.0 Å². The SMILES string of the molecule is CCOc1ccc(NC(=O)c2ccc(OC(C)C)nc2)cc1S(=O)(=O)N(CC)CC. The van der Waals surface area contributed by atoms with E-state index < -0.39 is 15.9 Å². The summed E-state index contributed by atoms with van der Waals surface area (Å²) in [6.45, 7) is 10.1. The molecule has 0 aliphatic rings. The first kappa shape index (κ1) is 23.6. The van der Waals surface area contributed by atoms with Crippen molar-refractivity contribution in [3.05, 3.63) is 42.1 Å². The van der Waals surface area contributed by atoms with Crippen LogP contribution in [-0.2, 0) is 10.0 Å². The molecule has 0 atom stereocenters. The van der Waals surface area contributed by atoms with E-state index in [9.17, 15) is 13.2 Å². The highest BCUT2D eigenvalue weighted by molar-refractivity contribution is 7.89. The second-order valence-electron chi connectivity index (χ2n) is 6.69. The molecular weight excluding hydrogens is 406 g/mol. The minimum absolute atomic E-state index is 0.0182. The Labute approximate surface area is 178 Å². The molecule has 0 spiro atoms. The first-order valence-electron chi connectivity index (χ1n) is 9.93. The number of nitrogens with zero attached hydrogens (tertiary/aromatic N) is 2. The minimum Gasteiger partial charge on any atom is -0.492 e. The van der Waals surface area contributed by atoms with Gasteiger partial charge >= 0.3 is 0 Å². The van der Waals surface area contributed by atoms with E-state index in [0.29, 0.717) is 36.8 Å². The summed E-state index contributed by atoms with van der Waals surface area (Å²) in [4.78, 5) is 16.7. The summed E-state index contributed by atoms with van der Waals surface area (Å²) in [5.41, 5.74) is 0.671. The first-order chi connectivity index (χ1) is 14.2. The van der Waals surface area contributed by atoms with Crippen molar-refractivity contribution in [2.24, 2.45) is 0 Å². The lowest BCUT2D eigenvalue weighted by atomic mass is 10.2. The molecule has 1 heterocycles. The van der Waals surface area contributed by atoms with Gasteiger partial charge in [0.1, 0.15) is 10.6 Å². The van der Waals surface area contributed by atoms with Crippen LogP contribution < -0.4 is 14.8 Å². The van der Waals surface area contributed by atoms with Gasteiger partial charge in [0.05, 0.1) is 18.3 Å². The number of carbonyl (C=O) groups excluding carboxylic acids is 1. The van der Waals surface area contributed by atoms with Crippen molar-refractivity contribution in [1.82, 2.24) is 9.29 Å². The molecule has 30 heavy (non-hydrogen) atoms. The van der Waals surface area contributed by atoms with Gasteiger partial charge < -0.3 is 14.8 Å². The molecule has 0 unspecified atom stereocenters. The van der Waals surface area contributed by atoms with E-state index >= 15 is 0 Å². The van der Waals surface area contributed by atoms with Crippen molar-refractivity contribution in [3.63, 3.8) is 0 Å². The van der Waals surface area contributed by atoms with Gasteiger partial charge in [-0.3, -0.25) is 4.79 Å². The van der Waals surface area contributed by atoms with Gasteiger partial charge in [-0.05, 0) is 45.0 Å². The van der Waals surface area contributed by atoms with Crippen molar-refractivity contribution in [2.75, 3.05) is 25.0 Å². The summed E-state index contributed by atoms with van der Waals surface area (Å²) in [6, 6.07) is 7.78. The predicted octanol–water partition coefficient (Wildman–Crippen LogP) is 3.55. The molecular formula is C21H29N3O5S. The zero-order valence-electron chi connectivity index (χ0n) is 18.0. The number of hydrogen-bond donors (Lipinski definition) is 1. The molecule has 164 valence electrons. The molecule has 9 heteroatoms. The predicted molar refractivity (Wildman–Crippen MR) is 116 cm³/mol. The summed E-state index contributed by atoms with van der Waals surface area (Å²) in [6.07, 6.45) is 1.39. The van der Waals surface area contributed by atoms with Crippen molar-refractivity contribution in [3.8, 4) is 11.6 Å². The highest BCUT2D eigenvalue weighted by Gasteiger charge is 2.26. The van der Waals surface area contributed by atoms with Crippen molar-refractivity contribution >= 4 is 21.6 Å². The lowest BCUT2D eigenvalue weighted by molar-refractivity contribution is 0.102. The second-order valence-corrected chi connectivity index (χ2v) is 8.60. The van der Waals surface area contributed by atoms with Gasteiger partial charge in [-0.15, -0.1) is 0 Å². The number of benzene rings is 1. The number of rotatable bonds is 10. The maximum absolute atomic E-state index is 13.0. The van der Waals surface area contributed by atoms with Crippen molar-refractivity contribution in [1.29, 1.82) is 0 Å². The number of amides is 1. The van der Waals surface area contributed by atoms with Crippen LogP contribution in [0.4, 0.5) is 5.69 Å². The molecule has 0 bridgehead atoms. The van der Waals surface area contributed by atoms with E-state index in [2.05, 4.69) is 10.3 Å². The lowest BCUT2D eigenvalue weighted by Gasteiger charge is -2.21. The Bertz CT molecular complexity index is 955. The summed E-state index contributed by atoms with van der Waals surface area (Å²) in [5.74, 6) is 0.267. The quantitative estimate of drug-likeness (QED) is 0.613. The Hall–Kier alpha value is -2.65. The second kappa shape index (κ2) is 10.4. The van der Waals surface area contributed by atoms with E-state index in [1.165, 1.54) is 16.6 Å². The smallest absolute Gasteiger partial charge is 0.257 e. The van der Waals surface area contributed by atoms with Crippen LogP contribution in [0.25, 0.3) is 0 Å². The van der Waals surface area contributed by atoms with Crippen molar-refractivity contribution < 1.29 is 22.7 Å². The summed E-state index contributed by atoms with van der Waals surface area (Å²) in [7, 11) is -3.77. The topological polar surface area (TPSA) is 97.8 Å². The van der Waals surface area contributed by atoms with Gasteiger partial charge in [0.25, 0.3) is 5.91 Å². The maximum atomic E-state index is 13.0. The van der Waals surface area contributed by atoms with Gasteiger partial charge in [0, 0.05) is 31.0 Å². The molecule has 0 aliphatic carbocycles. The Kier molecular flexibility index (Phi) is 8.19. The lowest BCUT2D eigenvalue weighted by Crippen LogP contribution is -2.31. The minimum atomic E-state index is -3.77. The number of pyridine rings is 1. The van der Waals surface area contributed by atoms with Gasteiger partial charge in [-0.1, -0.05) is 13.8 Å². The molecule has 8 nitrogen and oxygen atoms in total. The van der Waals surface area contributed by atoms with Gasteiger partial charge in [-0.2, -0.15) is 4.31 Å². The number of aromatic nitrogens is 1. The van der Waals surface area contributed by atoms with Crippen LogP contribution >= 0.6 is 0 Å². The zero-order chi connectivity index (χ0) is 22.3. The van der Waals surface area contributed by atoms with E-state index in [1.54, 1.807) is 45.0 Å². The molecule has 0 saturated carbocycles. The maximum Gasteiger partial charge on any atom is 0.257 e. The van der Waals surface area contributed by atoms with Crippen LogP contribution in [0.2, 0.25) is 0 Å². The molecule has 0 radical (unpaired) electrons. The molecule has 1 N–H and O–H groups in total. The van der Waals surface area contributed by atoms with Crippen LogP contribution in [0.15, 0.2) is 41.4 Å². The van der Waals surface area contributed by atoms with E-state index in [0.717, 1.165) is 0 Å². The largest absolute Gasteiger partial charge is 0.492 e. The third-order valence-electron chi connectivity index (χ3n) is 4.18. The standard InChI is InChI=1S/C21H29N3O5S/c1-6-24(7-2)30(26,27)19-13-17(10-11-18(19)28-8-3)23-21(25)16-9-12-20(22-14-16)29-15(4)5/h9-15H,6-8H2,1-5H3,(H,23,25). The summed E-state index contributed by atoms with van der Waals surface area (Å²) < 4.78 is 38.4. The van der Waals surface area contributed by atoms with Crippen LogP contribution in [0, 0.1) is 0 Å². The third kappa shape index (κ3) is 5.70. The fourth-order valence-corrected chi connectivity index (χ4v) is 4.41. The van der Waals surface area contributed by atoms with E-state index in [1.807, 2.05) is 13.8 Å². The number of ether oxygens (including phenoxy) is 2. The number of hydrogen-bond acceptors (Lipinski definition) is 6. The highest BCUT2D eigenvalue weighted by atomic mass is 32.2. The van der Waals surface area contributed by atoms with Gasteiger partial charge in [-0.25, -0.2) is 13.4 Å². The van der Waals surface area contributed by atoms with Crippen LogP contribution in [-0.4, -0.2) is 49.4 Å². The fraction of sp³-hybridized carbons (Fsp3) is 0.429. The Balaban J connectivity index is 2.31. The highest BCUT2D eigenvalue weighted by Crippen LogP contribution is 2.30. The molecule has 0 fully saturated rings. The summed E-state index contributed by atoms with van der Waals surface area (Å²) >= 11 is 0. The number of sulfonamides is 1. The molecule has 0 aliphatic heterocycles. The van der Waals surface area contributed by atoms with Crippen LogP contribution in [0.5, 0.6) is 11.6 Å². The van der Waals surface area contributed by atoms with E-state index in [-0.39, 0.29) is 16.7 Å². The third-order valence-corrected chi connectivity index (χ3v) is 6.25. The van der Waals surface area contributed by atoms with Crippen molar-refractivity contribution in [2.45, 2.75) is 45.6 Å². The first-order valence-corrected chi connectivity index (χ1v) is 11.4. The number of nitrogens with one attached hydrogen (secondary N) is 1. The normalized spacial score (nSPS) is 11.6. The summed E-state index contributed by atoms with van der Waals surface area (Å²) in [5, 5.41) is 2.72. The molecule has 1 aromatic carbocycles. The van der Waals surface area contributed by atoms with Gasteiger partial charge in [0.2, 0.25) is 15.9 Å². The van der Waals surface area contributed by atoms with Gasteiger partial charge in [0.15, 0.2) is 0 Å². The molecule has 2 rings (SSSR count). The molecule has 1 amide bonds. The fourth-order valence-electron chi connectivity index (χ4n) is 2.79. The average molecular weight is 436 g/mol. The average Bonchev–Trinajstić information content (AvgIpc) is 2.70. The molecule has 0 saturated heterocycles. The van der Waals surface area contributed by atoms with Crippen LogP contribution in [0.3, 0.4) is 0 Å². The Morgan fingerprint density at radius 2 is 1.83 bits per heavy atom. The molecule has 2 aromatic rings. The Morgan fingerprint density at radius 1 is 1.13 bits per heavy atom. The number of carbonyl (C=O) groups is 1. The zero-order valence-corrected chi connectivity index (χ0v) is 18.8. The molecule has 1 aromatic heterocycles.